The van der Waals surface area contributed by atoms with E-state index in [1.54, 1.807) is 12.1 Å². The number of hydrogen-bond acceptors (Lipinski definition) is 4. The highest BCUT2D eigenvalue weighted by Gasteiger charge is 2.07. The fourth-order valence-corrected chi connectivity index (χ4v) is 1.82. The van der Waals surface area contributed by atoms with Crippen LogP contribution in [-0.2, 0) is 0 Å². The molecule has 5 heteroatoms. The van der Waals surface area contributed by atoms with Gasteiger partial charge in [0.2, 0.25) is 0 Å². The van der Waals surface area contributed by atoms with Gasteiger partial charge in [0, 0.05) is 0 Å². The van der Waals surface area contributed by atoms with Crippen LogP contribution in [0.15, 0.2) is 53.6 Å². The molecule has 0 bridgehead atoms. The maximum atomic E-state index is 11.7. The standard InChI is InChI=1S/C14H11N3O2/c15-11-7-12-10(14(18)17-8-16-12)6-13(11)19-9-4-2-1-3-5-9/h1-8H,15H2,(H,16,17,18). The lowest BCUT2D eigenvalue weighted by Gasteiger charge is -2.09. The minimum absolute atomic E-state index is 0.220. The van der Waals surface area contributed by atoms with Crippen LogP contribution in [0.5, 0.6) is 11.5 Å². The first-order valence-corrected chi connectivity index (χ1v) is 5.74. The molecule has 0 atom stereocenters. The summed E-state index contributed by atoms with van der Waals surface area (Å²) >= 11 is 0. The van der Waals surface area contributed by atoms with E-state index in [9.17, 15) is 4.79 Å². The van der Waals surface area contributed by atoms with Crippen LogP contribution in [-0.4, -0.2) is 9.97 Å². The first-order valence-electron chi connectivity index (χ1n) is 5.74. The number of anilines is 1. The van der Waals surface area contributed by atoms with Crippen LogP contribution in [0.25, 0.3) is 10.9 Å². The van der Waals surface area contributed by atoms with Crippen LogP contribution in [0, 0.1) is 0 Å². The largest absolute Gasteiger partial charge is 0.455 e. The number of para-hydroxylation sites is 1. The summed E-state index contributed by atoms with van der Waals surface area (Å²) < 4.78 is 5.67. The molecule has 0 amide bonds. The zero-order valence-corrected chi connectivity index (χ0v) is 9.96. The van der Waals surface area contributed by atoms with Gasteiger partial charge in [0.05, 0.1) is 22.9 Å². The van der Waals surface area contributed by atoms with Crippen LogP contribution in [0.3, 0.4) is 0 Å². The van der Waals surface area contributed by atoms with Crippen molar-refractivity contribution in [2.24, 2.45) is 0 Å². The number of nitrogen functional groups attached to an aromatic ring is 1. The number of nitrogens with one attached hydrogen (secondary N) is 1. The van der Waals surface area contributed by atoms with E-state index in [1.165, 1.54) is 6.33 Å². The Labute approximate surface area is 108 Å². The van der Waals surface area contributed by atoms with Gasteiger partial charge in [-0.2, -0.15) is 0 Å². The zero-order chi connectivity index (χ0) is 13.2. The number of nitrogens with two attached hydrogens (primary N) is 1. The monoisotopic (exact) mass is 253 g/mol. The van der Waals surface area contributed by atoms with Crippen molar-refractivity contribution in [3.63, 3.8) is 0 Å². The fraction of sp³-hybridized carbons (Fsp3) is 0. The molecule has 0 aliphatic carbocycles. The van der Waals surface area contributed by atoms with Crippen molar-refractivity contribution in [3.8, 4) is 11.5 Å². The van der Waals surface area contributed by atoms with Gasteiger partial charge in [0.1, 0.15) is 5.75 Å². The molecule has 19 heavy (non-hydrogen) atoms. The number of H-pyrrole nitrogens is 1. The Bertz CT molecular complexity index is 782. The van der Waals surface area contributed by atoms with Gasteiger partial charge in [-0.05, 0) is 24.3 Å². The third kappa shape index (κ3) is 2.13. The molecule has 0 aliphatic heterocycles. The maximum Gasteiger partial charge on any atom is 0.258 e. The molecule has 5 nitrogen and oxygen atoms in total. The van der Waals surface area contributed by atoms with Gasteiger partial charge in [-0.3, -0.25) is 4.79 Å². The molecule has 2 aromatic carbocycles. The van der Waals surface area contributed by atoms with E-state index in [0.29, 0.717) is 28.1 Å². The van der Waals surface area contributed by atoms with Crippen molar-refractivity contribution in [2.45, 2.75) is 0 Å². The zero-order valence-electron chi connectivity index (χ0n) is 9.96. The Kier molecular flexibility index (Phi) is 2.64. The lowest BCUT2D eigenvalue weighted by Crippen LogP contribution is -2.07. The normalized spacial score (nSPS) is 10.5. The van der Waals surface area contributed by atoms with Crippen LogP contribution >= 0.6 is 0 Å². The van der Waals surface area contributed by atoms with Crippen LogP contribution < -0.4 is 16.0 Å². The number of benzene rings is 2. The second-order valence-electron chi connectivity index (χ2n) is 4.05. The molecule has 3 rings (SSSR count). The van der Waals surface area contributed by atoms with Crippen molar-refractivity contribution < 1.29 is 4.74 Å². The third-order valence-electron chi connectivity index (χ3n) is 2.74. The molecule has 1 aromatic heterocycles. The van der Waals surface area contributed by atoms with Gasteiger partial charge in [0.15, 0.2) is 5.75 Å². The number of aromatic nitrogens is 2. The Morgan fingerprint density at radius 2 is 1.95 bits per heavy atom. The Balaban J connectivity index is 2.11. The minimum atomic E-state index is -0.220. The summed E-state index contributed by atoms with van der Waals surface area (Å²) in [5.74, 6) is 1.10. The van der Waals surface area contributed by atoms with E-state index < -0.39 is 0 Å². The van der Waals surface area contributed by atoms with Crippen molar-refractivity contribution in [2.75, 3.05) is 5.73 Å². The number of ether oxygens (including phenoxy) is 1. The first-order chi connectivity index (χ1) is 9.24. The quantitative estimate of drug-likeness (QED) is 0.686. The number of hydrogen-bond donors (Lipinski definition) is 2. The van der Waals surface area contributed by atoms with Gasteiger partial charge < -0.3 is 15.5 Å². The van der Waals surface area contributed by atoms with E-state index in [4.69, 9.17) is 10.5 Å². The summed E-state index contributed by atoms with van der Waals surface area (Å²) in [7, 11) is 0. The number of aromatic amines is 1. The molecule has 94 valence electrons. The smallest absolute Gasteiger partial charge is 0.258 e. The molecular formula is C14H11N3O2. The van der Waals surface area contributed by atoms with E-state index in [-0.39, 0.29) is 5.56 Å². The molecule has 0 spiro atoms. The second-order valence-corrected chi connectivity index (χ2v) is 4.05. The summed E-state index contributed by atoms with van der Waals surface area (Å²) in [6, 6.07) is 12.5. The van der Waals surface area contributed by atoms with Crippen molar-refractivity contribution >= 4 is 16.6 Å². The average molecular weight is 253 g/mol. The molecule has 0 saturated carbocycles. The Morgan fingerprint density at radius 1 is 1.16 bits per heavy atom. The summed E-state index contributed by atoms with van der Waals surface area (Å²) in [6.45, 7) is 0. The molecule has 3 N–H and O–H groups in total. The second kappa shape index (κ2) is 4.45. The van der Waals surface area contributed by atoms with E-state index in [1.807, 2.05) is 30.3 Å². The fourth-order valence-electron chi connectivity index (χ4n) is 1.82. The van der Waals surface area contributed by atoms with Crippen LogP contribution in [0.4, 0.5) is 5.69 Å². The molecule has 3 aromatic rings. The predicted octanol–water partition coefficient (Wildman–Crippen LogP) is 2.30. The van der Waals surface area contributed by atoms with Gasteiger partial charge >= 0.3 is 0 Å². The number of fused-ring (bicyclic) bond motifs is 1. The predicted molar refractivity (Wildman–Crippen MR) is 73.3 cm³/mol. The minimum Gasteiger partial charge on any atom is -0.455 e. The van der Waals surface area contributed by atoms with Gasteiger partial charge in [-0.25, -0.2) is 4.98 Å². The summed E-state index contributed by atoms with van der Waals surface area (Å²) in [4.78, 5) is 18.3. The summed E-state index contributed by atoms with van der Waals surface area (Å²) in [6.07, 6.45) is 1.35. The molecule has 0 unspecified atom stereocenters. The van der Waals surface area contributed by atoms with Crippen molar-refractivity contribution in [1.29, 1.82) is 0 Å². The van der Waals surface area contributed by atoms with Gasteiger partial charge in [0.25, 0.3) is 5.56 Å². The lowest BCUT2D eigenvalue weighted by molar-refractivity contribution is 0.486. The highest BCUT2D eigenvalue weighted by Crippen LogP contribution is 2.29. The molecule has 1 heterocycles. The molecule has 0 fully saturated rings. The third-order valence-corrected chi connectivity index (χ3v) is 2.74. The molecule has 0 saturated heterocycles. The van der Waals surface area contributed by atoms with E-state index in [2.05, 4.69) is 9.97 Å². The number of rotatable bonds is 2. The summed E-state index contributed by atoms with van der Waals surface area (Å²) in [5.41, 5.74) is 6.67. The molecule has 0 aliphatic rings. The van der Waals surface area contributed by atoms with E-state index in [0.717, 1.165) is 0 Å². The van der Waals surface area contributed by atoms with Crippen LogP contribution in [0.1, 0.15) is 0 Å². The summed E-state index contributed by atoms with van der Waals surface area (Å²) in [5, 5.41) is 0.447. The van der Waals surface area contributed by atoms with Crippen LogP contribution in [0.2, 0.25) is 0 Å². The van der Waals surface area contributed by atoms with Crippen molar-refractivity contribution in [3.05, 3.63) is 59.1 Å². The van der Waals surface area contributed by atoms with Crippen molar-refractivity contribution in [1.82, 2.24) is 9.97 Å². The molecular weight excluding hydrogens is 242 g/mol. The highest BCUT2D eigenvalue weighted by molar-refractivity contribution is 5.84. The Hall–Kier alpha value is -2.82. The highest BCUT2D eigenvalue weighted by atomic mass is 16.5. The number of nitrogens with zero attached hydrogens (tertiary/aromatic N) is 1. The average Bonchev–Trinajstić information content (AvgIpc) is 2.42. The topological polar surface area (TPSA) is 81.0 Å². The van der Waals surface area contributed by atoms with Gasteiger partial charge in [-0.1, -0.05) is 18.2 Å². The molecule has 0 radical (unpaired) electrons. The first kappa shape index (κ1) is 11.3. The van der Waals surface area contributed by atoms with E-state index >= 15 is 0 Å². The SMILES string of the molecule is Nc1cc2nc[nH]c(=O)c2cc1Oc1ccccc1. The van der Waals surface area contributed by atoms with Gasteiger partial charge in [-0.15, -0.1) is 0 Å². The lowest BCUT2D eigenvalue weighted by atomic mass is 10.2. The maximum absolute atomic E-state index is 11.7. The Morgan fingerprint density at radius 3 is 2.74 bits per heavy atom.